The van der Waals surface area contributed by atoms with Gasteiger partial charge in [0.1, 0.15) is 30.0 Å². The number of methoxy groups -OCH3 is 2. The molecular weight excluding hydrogens is 818 g/mol. The third-order valence-electron chi connectivity index (χ3n) is 12.2. The number of likely N-dealkylation sites (N-methyl/N-ethyl adjacent to an activating group) is 1. The lowest BCUT2D eigenvalue weighted by Gasteiger charge is -2.34. The summed E-state index contributed by atoms with van der Waals surface area (Å²) in [6.45, 7) is 8.94. The quantitative estimate of drug-likeness (QED) is 0.0988. The highest BCUT2D eigenvalue weighted by Gasteiger charge is 2.41. The van der Waals surface area contributed by atoms with E-state index in [0.717, 1.165) is 28.8 Å². The predicted octanol–water partition coefficient (Wildman–Crippen LogP) is 6.73. The highest BCUT2D eigenvalue weighted by atomic mass is 19.1. The molecule has 4 aromatic carbocycles. The molecule has 0 bridgehead atoms. The fourth-order valence-corrected chi connectivity index (χ4v) is 8.55. The number of carbonyl (C=O) groups is 5. The maximum absolute atomic E-state index is 14.1. The first kappa shape index (κ1) is 47.2. The zero-order valence-electron chi connectivity index (χ0n) is 37.3. The molecule has 4 aromatic rings. The smallest absolute Gasteiger partial charge is 0.407 e. The van der Waals surface area contributed by atoms with E-state index in [4.69, 9.17) is 9.47 Å². The number of hydrogen-bond acceptors (Lipinski definition) is 9. The maximum atomic E-state index is 14.1. The van der Waals surface area contributed by atoms with Crippen LogP contribution in [0.15, 0.2) is 103 Å². The molecule has 0 aromatic heterocycles. The molecule has 0 spiro atoms. The van der Waals surface area contributed by atoms with Crippen LogP contribution in [0.1, 0.15) is 69.2 Å². The van der Waals surface area contributed by atoms with Crippen LogP contribution in [0.3, 0.4) is 0 Å². The number of alkyl carbamates (subject to hydrolysis) is 1. The van der Waals surface area contributed by atoms with Crippen LogP contribution in [-0.4, -0.2) is 109 Å². The topological polar surface area (TPSA) is 153 Å². The predicted molar refractivity (Wildman–Crippen MR) is 244 cm³/mol. The van der Waals surface area contributed by atoms with Gasteiger partial charge in [0.05, 0.1) is 13.2 Å². The molecule has 0 radical (unpaired) electrons. The maximum Gasteiger partial charge on any atom is 0.407 e. The Morgan fingerprint density at radius 1 is 0.703 bits per heavy atom. The molecule has 2 aliphatic heterocycles. The SMILES string of the molecule is CCN(CC)[C@@H](C(=O)N1CCC[C@H]1C(=O)Nc1ccc(CN(Cc2ccc(NC(=O)[C@@H]3CCCN3C(=O)[C@@H](NC(=O)OC)C(C)OC)cc2)c2ccc(F)cc2)cc1)c1ccccc1. The number of carbonyl (C=O) groups excluding carboxylic acids is 5. The van der Waals surface area contributed by atoms with E-state index in [2.05, 4.69) is 25.8 Å². The van der Waals surface area contributed by atoms with Crippen LogP contribution in [0.2, 0.25) is 0 Å². The third kappa shape index (κ3) is 11.6. The van der Waals surface area contributed by atoms with Gasteiger partial charge >= 0.3 is 6.09 Å². The van der Waals surface area contributed by atoms with Gasteiger partial charge in [-0.3, -0.25) is 24.1 Å². The van der Waals surface area contributed by atoms with Crippen molar-refractivity contribution in [3.05, 3.63) is 126 Å². The molecule has 2 heterocycles. The minimum Gasteiger partial charge on any atom is -0.453 e. The van der Waals surface area contributed by atoms with Crippen LogP contribution in [0, 0.1) is 5.82 Å². The lowest BCUT2D eigenvalue weighted by Crippen LogP contribution is -2.56. The Morgan fingerprint density at radius 2 is 1.20 bits per heavy atom. The molecule has 14 nitrogen and oxygen atoms in total. The summed E-state index contributed by atoms with van der Waals surface area (Å²) in [5.74, 6) is -1.40. The summed E-state index contributed by atoms with van der Waals surface area (Å²) >= 11 is 0. The second-order valence-corrected chi connectivity index (χ2v) is 16.2. The number of amides is 5. The first-order valence-electron chi connectivity index (χ1n) is 22.0. The molecule has 6 rings (SSSR count). The number of benzene rings is 4. The largest absolute Gasteiger partial charge is 0.453 e. The first-order chi connectivity index (χ1) is 30.9. The number of likely N-dealkylation sites (tertiary alicyclic amines) is 2. The normalized spacial score (nSPS) is 17.4. The van der Waals surface area contributed by atoms with Crippen LogP contribution in [0.25, 0.3) is 0 Å². The Hall–Kier alpha value is -6.32. The first-order valence-corrected chi connectivity index (χ1v) is 22.0. The number of rotatable bonds is 18. The number of halogens is 1. The Morgan fingerprint density at radius 3 is 1.67 bits per heavy atom. The van der Waals surface area contributed by atoms with Crippen molar-refractivity contribution in [2.75, 3.05) is 55.9 Å². The lowest BCUT2D eigenvalue weighted by molar-refractivity contribution is -0.141. The van der Waals surface area contributed by atoms with Crippen LogP contribution < -0.4 is 20.9 Å². The zero-order chi connectivity index (χ0) is 45.8. The van der Waals surface area contributed by atoms with Crippen molar-refractivity contribution in [3.63, 3.8) is 0 Å². The molecule has 2 aliphatic rings. The molecule has 3 N–H and O–H groups in total. The van der Waals surface area contributed by atoms with Gasteiger partial charge in [-0.25, -0.2) is 9.18 Å². The summed E-state index contributed by atoms with van der Waals surface area (Å²) in [7, 11) is 2.65. The summed E-state index contributed by atoms with van der Waals surface area (Å²) in [6.07, 6.45) is 0.992. The zero-order valence-corrected chi connectivity index (χ0v) is 37.3. The molecule has 2 fully saturated rings. The molecule has 0 saturated carbocycles. The van der Waals surface area contributed by atoms with E-state index in [1.807, 2.05) is 80.6 Å². The van der Waals surface area contributed by atoms with E-state index in [-0.39, 0.29) is 23.5 Å². The molecule has 340 valence electrons. The van der Waals surface area contributed by atoms with E-state index in [0.29, 0.717) is 69.9 Å². The number of ether oxygens (including phenoxy) is 2. The molecule has 0 aliphatic carbocycles. The van der Waals surface area contributed by atoms with Crippen molar-refractivity contribution in [2.45, 2.75) is 89.8 Å². The fraction of sp³-hybridized carbons (Fsp3) is 0.408. The Bertz CT molecular complexity index is 2190. The minimum atomic E-state index is -1.03. The fourth-order valence-electron chi connectivity index (χ4n) is 8.55. The Balaban J connectivity index is 1.09. The number of nitrogens with one attached hydrogen (secondary N) is 3. The van der Waals surface area contributed by atoms with Gasteiger partial charge in [-0.2, -0.15) is 0 Å². The van der Waals surface area contributed by atoms with Gasteiger partial charge in [0.2, 0.25) is 23.6 Å². The van der Waals surface area contributed by atoms with Crippen LogP contribution >= 0.6 is 0 Å². The van der Waals surface area contributed by atoms with Crippen LogP contribution in [-0.2, 0) is 41.7 Å². The van der Waals surface area contributed by atoms with E-state index in [1.54, 1.807) is 36.1 Å². The van der Waals surface area contributed by atoms with Crippen LogP contribution in [0.4, 0.5) is 26.2 Å². The van der Waals surface area contributed by atoms with Gasteiger partial charge in [0, 0.05) is 50.4 Å². The van der Waals surface area contributed by atoms with Gasteiger partial charge < -0.3 is 40.1 Å². The van der Waals surface area contributed by atoms with Crippen molar-refractivity contribution >= 4 is 46.8 Å². The minimum absolute atomic E-state index is 0.0637. The monoisotopic (exact) mass is 877 g/mol. The third-order valence-corrected chi connectivity index (χ3v) is 12.2. The molecule has 64 heavy (non-hydrogen) atoms. The summed E-state index contributed by atoms with van der Waals surface area (Å²) in [6, 6.07) is 28.2. The summed E-state index contributed by atoms with van der Waals surface area (Å²) < 4.78 is 24.1. The van der Waals surface area contributed by atoms with E-state index in [9.17, 15) is 28.4 Å². The number of nitrogens with zero attached hydrogens (tertiary/aromatic N) is 4. The van der Waals surface area contributed by atoms with E-state index < -0.39 is 42.3 Å². The van der Waals surface area contributed by atoms with Gasteiger partial charge in [-0.15, -0.1) is 0 Å². The van der Waals surface area contributed by atoms with E-state index >= 15 is 0 Å². The van der Waals surface area contributed by atoms with Gasteiger partial charge in [-0.05, 0) is 111 Å². The summed E-state index contributed by atoms with van der Waals surface area (Å²) in [4.78, 5) is 74.4. The Labute approximate surface area is 375 Å². The van der Waals surface area contributed by atoms with Crippen molar-refractivity contribution in [1.29, 1.82) is 0 Å². The lowest BCUT2D eigenvalue weighted by atomic mass is 10.0. The Kier molecular flexibility index (Phi) is 16.5. The summed E-state index contributed by atoms with van der Waals surface area (Å²) in [5.41, 5.74) is 4.77. The standard InChI is InChI=1S/C49H60FN7O7/c1-6-54(7-2)44(36-13-9-8-10-14-36)48(61)57-30-12-16-42(57)46(59)52-39-25-19-35(20-26-39)32-55(40-27-21-37(50)22-28-40)31-34-17-23-38(24-18-34)51-45(58)41-15-11-29-56(41)47(60)43(33(3)63-4)53-49(62)64-5/h8-10,13-14,17-28,33,41-44H,6-7,11-12,15-16,29-32H2,1-5H3,(H,51,58)(H,52,59)(H,53,62)/t33?,41-,42-,43-,44+/m0/s1. The molecule has 1 unspecified atom stereocenters. The van der Waals surface area contributed by atoms with Gasteiger partial charge in [-0.1, -0.05) is 68.4 Å². The van der Waals surface area contributed by atoms with Crippen molar-refractivity contribution in [1.82, 2.24) is 20.0 Å². The summed E-state index contributed by atoms with van der Waals surface area (Å²) in [5, 5.41) is 8.53. The highest BCUT2D eigenvalue weighted by molar-refractivity contribution is 5.99. The molecular formula is C49H60FN7O7. The average Bonchev–Trinajstić information content (AvgIpc) is 4.02. The number of hydrogen-bond donors (Lipinski definition) is 3. The van der Waals surface area contributed by atoms with Gasteiger partial charge in [0.25, 0.3) is 0 Å². The molecule has 5 amide bonds. The second kappa shape index (κ2) is 22.3. The average molecular weight is 878 g/mol. The molecule has 15 heteroatoms. The second-order valence-electron chi connectivity index (χ2n) is 16.2. The van der Waals surface area contributed by atoms with E-state index in [1.165, 1.54) is 31.3 Å². The van der Waals surface area contributed by atoms with Crippen molar-refractivity contribution < 1.29 is 37.8 Å². The number of anilines is 3. The highest BCUT2D eigenvalue weighted by Crippen LogP contribution is 2.29. The van der Waals surface area contributed by atoms with Crippen molar-refractivity contribution in [2.24, 2.45) is 0 Å². The van der Waals surface area contributed by atoms with Crippen molar-refractivity contribution in [3.8, 4) is 0 Å². The molecule has 2 saturated heterocycles. The molecule has 5 atom stereocenters. The van der Waals surface area contributed by atoms with Crippen LogP contribution in [0.5, 0.6) is 0 Å². The van der Waals surface area contributed by atoms with Gasteiger partial charge in [0.15, 0.2) is 0 Å².